The molecule has 0 saturated heterocycles. The van der Waals surface area contributed by atoms with Crippen molar-refractivity contribution in [1.29, 1.82) is 0 Å². The quantitative estimate of drug-likeness (QED) is 0.144. The number of carbonyl (C=O) groups is 2. The maximum atomic E-state index is 12.1. The van der Waals surface area contributed by atoms with E-state index in [1.165, 1.54) is 28.2 Å². The van der Waals surface area contributed by atoms with Gasteiger partial charge in [0.25, 0.3) is 24.5 Å². The van der Waals surface area contributed by atoms with Gasteiger partial charge in [0.15, 0.2) is 6.54 Å². The normalized spacial score (nSPS) is 10.2. The molecule has 4 N–H and O–H groups in total. The SMILES string of the molecule is O=C(Cn1c[n+](N[N+](=O)[O-])cn1)Nc1ccc(NC(=O)C[n+]2cnn(N[N+](=O)[O-])c2)cc1. The molecule has 0 unspecified atom stereocenters. The molecule has 0 saturated carbocycles. The fourth-order valence-corrected chi connectivity index (χ4v) is 2.44. The van der Waals surface area contributed by atoms with Crippen molar-refractivity contribution >= 4 is 23.2 Å². The molecular formula is C14H16N12O6+2. The third-order valence-electron chi connectivity index (χ3n) is 3.63. The first-order valence-corrected chi connectivity index (χ1v) is 8.66. The molecule has 166 valence electrons. The van der Waals surface area contributed by atoms with Crippen LogP contribution in [0.3, 0.4) is 0 Å². The summed E-state index contributed by atoms with van der Waals surface area (Å²) >= 11 is 0. The summed E-state index contributed by atoms with van der Waals surface area (Å²) in [5.41, 5.74) is 4.56. The molecule has 0 spiro atoms. The molecule has 2 amide bonds. The predicted molar refractivity (Wildman–Crippen MR) is 101 cm³/mol. The first kappa shape index (κ1) is 21.5. The molecule has 0 radical (unpaired) electrons. The summed E-state index contributed by atoms with van der Waals surface area (Å²) in [6, 6.07) is 6.27. The second-order valence-electron chi connectivity index (χ2n) is 6.10. The molecule has 3 rings (SSSR count). The van der Waals surface area contributed by atoms with Gasteiger partial charge >= 0.3 is 12.7 Å². The van der Waals surface area contributed by atoms with Crippen molar-refractivity contribution in [2.45, 2.75) is 13.1 Å². The third kappa shape index (κ3) is 6.43. The maximum absolute atomic E-state index is 12.1. The molecule has 3 aromatic rings. The van der Waals surface area contributed by atoms with E-state index in [9.17, 15) is 29.8 Å². The van der Waals surface area contributed by atoms with Gasteiger partial charge in [-0.3, -0.25) is 9.59 Å². The Morgan fingerprint density at radius 2 is 1.59 bits per heavy atom. The number of carbonyl (C=O) groups excluding carboxylic acids is 2. The van der Waals surface area contributed by atoms with Crippen LogP contribution in [0.5, 0.6) is 0 Å². The third-order valence-corrected chi connectivity index (χ3v) is 3.63. The summed E-state index contributed by atoms with van der Waals surface area (Å²) in [7, 11) is 0. The monoisotopic (exact) mass is 448 g/mol. The Bertz CT molecular complexity index is 1050. The van der Waals surface area contributed by atoms with E-state index in [0.29, 0.717) is 11.4 Å². The van der Waals surface area contributed by atoms with Crippen molar-refractivity contribution < 1.29 is 28.9 Å². The van der Waals surface area contributed by atoms with Gasteiger partial charge in [0.05, 0.1) is 14.9 Å². The van der Waals surface area contributed by atoms with Crippen LogP contribution in [0, 0.1) is 20.2 Å². The van der Waals surface area contributed by atoms with E-state index in [4.69, 9.17) is 0 Å². The Labute approximate surface area is 177 Å². The topological polar surface area (TPSA) is 212 Å². The van der Waals surface area contributed by atoms with E-state index >= 15 is 0 Å². The number of hydrogen-bond acceptors (Lipinski definition) is 8. The average molecular weight is 448 g/mol. The zero-order valence-electron chi connectivity index (χ0n) is 16.1. The minimum absolute atomic E-state index is 0.132. The van der Waals surface area contributed by atoms with Gasteiger partial charge in [-0.25, -0.2) is 4.57 Å². The highest BCUT2D eigenvalue weighted by molar-refractivity contribution is 5.92. The molecule has 2 aromatic heterocycles. The van der Waals surface area contributed by atoms with E-state index in [2.05, 4.69) is 20.8 Å². The van der Waals surface area contributed by atoms with Crippen LogP contribution < -0.4 is 30.9 Å². The molecular weight excluding hydrogens is 432 g/mol. The summed E-state index contributed by atoms with van der Waals surface area (Å²) in [5, 5.41) is 31.9. The van der Waals surface area contributed by atoms with Gasteiger partial charge in [-0.05, 0) is 40.0 Å². The van der Waals surface area contributed by atoms with Crippen LogP contribution in [0.2, 0.25) is 0 Å². The van der Waals surface area contributed by atoms with Gasteiger partial charge in [-0.15, -0.1) is 0 Å². The lowest BCUT2D eigenvalue weighted by Crippen LogP contribution is -2.46. The highest BCUT2D eigenvalue weighted by Gasteiger charge is 2.17. The summed E-state index contributed by atoms with van der Waals surface area (Å²) < 4.78 is 3.51. The van der Waals surface area contributed by atoms with Gasteiger partial charge in [0.1, 0.15) is 5.10 Å². The lowest BCUT2D eigenvalue weighted by Gasteiger charge is -2.06. The number of nitro groups is 2. The molecule has 18 heteroatoms. The standard InChI is InChI=1S/C14H14N12O6/c27-13(5-21-7-16-24(9-21)20-26(31)32)17-11-1-3-12(4-2-11)18-14(28)6-22-10-23(8-15-22)19-25(29)30/h1-4,7-10,19-20H,5-6H2/p+2. The zero-order valence-corrected chi connectivity index (χ0v) is 16.1. The molecule has 1 aromatic carbocycles. The summed E-state index contributed by atoms with van der Waals surface area (Å²) in [6.07, 6.45) is 4.84. The molecule has 18 nitrogen and oxygen atoms in total. The number of amides is 2. The second kappa shape index (κ2) is 9.56. The minimum Gasteiger partial charge on any atom is -0.339 e. The number of aromatic nitrogens is 6. The van der Waals surface area contributed by atoms with Gasteiger partial charge in [-0.2, -0.15) is 0 Å². The number of hydrazine groups is 2. The van der Waals surface area contributed by atoms with Crippen LogP contribution >= 0.6 is 0 Å². The van der Waals surface area contributed by atoms with Crippen molar-refractivity contribution in [3.8, 4) is 0 Å². The van der Waals surface area contributed by atoms with E-state index in [1.54, 1.807) is 29.8 Å². The smallest absolute Gasteiger partial charge is 0.339 e. The van der Waals surface area contributed by atoms with E-state index < -0.39 is 21.9 Å². The van der Waals surface area contributed by atoms with Crippen LogP contribution in [0.15, 0.2) is 49.6 Å². The highest BCUT2D eigenvalue weighted by Crippen LogP contribution is 2.13. The Kier molecular flexibility index (Phi) is 6.44. The van der Waals surface area contributed by atoms with Gasteiger partial charge in [0, 0.05) is 16.4 Å². The number of hydrogen-bond donors (Lipinski definition) is 4. The number of nitrogens with one attached hydrogen (secondary N) is 4. The lowest BCUT2D eigenvalue weighted by atomic mass is 10.2. The van der Waals surface area contributed by atoms with Crippen molar-refractivity contribution in [3.05, 3.63) is 69.8 Å². The molecule has 0 atom stereocenters. The van der Waals surface area contributed by atoms with Crippen LogP contribution in [-0.2, 0) is 22.7 Å². The number of nitrogens with zero attached hydrogens (tertiary/aromatic N) is 8. The maximum Gasteiger partial charge on any atom is 0.364 e. The average Bonchev–Trinajstić information content (AvgIpc) is 3.31. The molecule has 0 bridgehead atoms. The van der Waals surface area contributed by atoms with E-state index in [0.717, 1.165) is 15.8 Å². The first-order valence-electron chi connectivity index (χ1n) is 8.66. The van der Waals surface area contributed by atoms with Gasteiger partial charge in [-0.1, -0.05) is 4.68 Å². The fourth-order valence-electron chi connectivity index (χ4n) is 2.44. The van der Waals surface area contributed by atoms with Gasteiger partial charge < -0.3 is 30.9 Å². The number of anilines is 2. The Morgan fingerprint density at radius 3 is 2.22 bits per heavy atom. The molecule has 0 aliphatic carbocycles. The Morgan fingerprint density at radius 1 is 0.938 bits per heavy atom. The van der Waals surface area contributed by atoms with Gasteiger partial charge in [0.2, 0.25) is 6.54 Å². The van der Waals surface area contributed by atoms with Crippen LogP contribution in [0.25, 0.3) is 0 Å². The Balaban J connectivity index is 1.47. The van der Waals surface area contributed by atoms with Crippen molar-refractivity contribution in [1.82, 2.24) is 19.7 Å². The van der Waals surface area contributed by atoms with Crippen molar-refractivity contribution in [2.24, 2.45) is 0 Å². The predicted octanol–water partition coefficient (Wildman–Crippen LogP) is -2.60. The number of rotatable bonds is 10. The first-order chi connectivity index (χ1) is 15.3. The molecule has 2 heterocycles. The molecule has 0 aliphatic rings. The van der Waals surface area contributed by atoms with Crippen molar-refractivity contribution in [2.75, 3.05) is 21.7 Å². The number of benzene rings is 1. The zero-order chi connectivity index (χ0) is 23.1. The highest BCUT2D eigenvalue weighted by atomic mass is 16.7. The summed E-state index contributed by atoms with van der Waals surface area (Å²) in [4.78, 5) is 45.7. The molecule has 0 aliphatic heterocycles. The van der Waals surface area contributed by atoms with Crippen LogP contribution in [0.1, 0.15) is 0 Å². The van der Waals surface area contributed by atoms with Crippen molar-refractivity contribution in [3.63, 3.8) is 0 Å². The molecule has 32 heavy (non-hydrogen) atoms. The minimum atomic E-state index is -0.795. The largest absolute Gasteiger partial charge is 0.364 e. The van der Waals surface area contributed by atoms with E-state index in [1.807, 2.05) is 5.53 Å². The van der Waals surface area contributed by atoms with Crippen LogP contribution in [0.4, 0.5) is 11.4 Å². The summed E-state index contributed by atoms with van der Waals surface area (Å²) in [5.74, 6) is -0.822. The second-order valence-corrected chi connectivity index (χ2v) is 6.10. The van der Waals surface area contributed by atoms with E-state index in [-0.39, 0.29) is 13.1 Å². The molecule has 0 fully saturated rings. The fraction of sp³-hybridized carbons (Fsp3) is 0.143. The summed E-state index contributed by atoms with van der Waals surface area (Å²) in [6.45, 7) is -0.311. The van der Waals surface area contributed by atoms with Crippen LogP contribution in [-0.4, -0.2) is 41.5 Å². The lowest BCUT2D eigenvalue weighted by molar-refractivity contribution is -0.774. The Hall–Kier alpha value is -5.16.